The molecule has 1 amide bonds. The standard InChI is InChI=1S/C18H21ClN2O3/c19-14-7-5-13(6-8-14)18-21-15(11-24-18)9-17(23)20-10-16(22)12-3-1-2-4-12/h5-8,11-12,16,22H,1-4,9-10H2,(H,20,23). The number of halogens is 1. The molecule has 0 saturated heterocycles. The zero-order valence-electron chi connectivity index (χ0n) is 13.4. The second-order valence-electron chi connectivity index (χ2n) is 6.24. The van der Waals surface area contributed by atoms with Crippen LogP contribution in [0, 0.1) is 5.92 Å². The fraction of sp³-hybridized carbons (Fsp3) is 0.444. The number of aliphatic hydroxyl groups excluding tert-OH is 1. The van der Waals surface area contributed by atoms with E-state index in [0.717, 1.165) is 18.4 Å². The van der Waals surface area contributed by atoms with Gasteiger partial charge in [-0.05, 0) is 43.0 Å². The molecule has 1 aliphatic rings. The summed E-state index contributed by atoms with van der Waals surface area (Å²) in [6, 6.07) is 7.15. The number of oxazole rings is 1. The number of carbonyl (C=O) groups excluding carboxylic acids is 1. The lowest BCUT2D eigenvalue weighted by Crippen LogP contribution is -2.36. The van der Waals surface area contributed by atoms with Crippen molar-refractivity contribution in [1.82, 2.24) is 10.3 Å². The van der Waals surface area contributed by atoms with Crippen LogP contribution in [0.15, 0.2) is 34.9 Å². The van der Waals surface area contributed by atoms with E-state index in [1.165, 1.54) is 19.1 Å². The molecule has 128 valence electrons. The second kappa shape index (κ2) is 7.81. The van der Waals surface area contributed by atoms with Crippen LogP contribution in [0.2, 0.25) is 5.02 Å². The minimum absolute atomic E-state index is 0.133. The normalized spacial score (nSPS) is 16.2. The molecule has 1 aromatic heterocycles. The molecule has 1 fully saturated rings. The first-order valence-corrected chi connectivity index (χ1v) is 8.65. The van der Waals surface area contributed by atoms with Gasteiger partial charge in [0, 0.05) is 17.1 Å². The molecule has 1 saturated carbocycles. The number of benzene rings is 1. The van der Waals surface area contributed by atoms with E-state index >= 15 is 0 Å². The molecule has 6 heteroatoms. The zero-order valence-corrected chi connectivity index (χ0v) is 14.1. The maximum atomic E-state index is 12.0. The van der Waals surface area contributed by atoms with Gasteiger partial charge in [-0.3, -0.25) is 4.79 Å². The zero-order chi connectivity index (χ0) is 16.9. The van der Waals surface area contributed by atoms with Gasteiger partial charge in [0.2, 0.25) is 11.8 Å². The predicted molar refractivity (Wildman–Crippen MR) is 91.6 cm³/mol. The molecule has 1 aliphatic carbocycles. The third kappa shape index (κ3) is 4.36. The summed E-state index contributed by atoms with van der Waals surface area (Å²) in [7, 11) is 0. The molecule has 0 aliphatic heterocycles. The van der Waals surface area contributed by atoms with E-state index in [0.29, 0.717) is 29.1 Å². The third-order valence-corrected chi connectivity index (χ3v) is 4.69. The summed E-state index contributed by atoms with van der Waals surface area (Å²) in [5.74, 6) is 0.609. The predicted octanol–water partition coefficient (Wildman–Crippen LogP) is 3.20. The van der Waals surface area contributed by atoms with Gasteiger partial charge in [-0.15, -0.1) is 0 Å². The highest BCUT2D eigenvalue weighted by atomic mass is 35.5. The maximum absolute atomic E-state index is 12.0. The van der Waals surface area contributed by atoms with Crippen molar-refractivity contribution >= 4 is 17.5 Å². The fourth-order valence-electron chi connectivity index (χ4n) is 3.07. The molecular weight excluding hydrogens is 328 g/mol. The number of carbonyl (C=O) groups is 1. The number of nitrogens with one attached hydrogen (secondary N) is 1. The summed E-state index contributed by atoms with van der Waals surface area (Å²) in [6.45, 7) is 0.297. The van der Waals surface area contributed by atoms with E-state index in [-0.39, 0.29) is 12.3 Å². The van der Waals surface area contributed by atoms with Crippen LogP contribution in [0.4, 0.5) is 0 Å². The van der Waals surface area contributed by atoms with E-state index in [9.17, 15) is 9.90 Å². The van der Waals surface area contributed by atoms with Crippen molar-refractivity contribution in [2.24, 2.45) is 5.92 Å². The molecular formula is C18H21ClN2O3. The van der Waals surface area contributed by atoms with Crippen molar-refractivity contribution in [2.45, 2.75) is 38.2 Å². The summed E-state index contributed by atoms with van der Waals surface area (Å²) < 4.78 is 5.41. The molecule has 1 aromatic carbocycles. The molecule has 3 rings (SSSR count). The largest absolute Gasteiger partial charge is 0.444 e. The number of amides is 1. The summed E-state index contributed by atoms with van der Waals surface area (Å²) in [5.41, 5.74) is 1.37. The van der Waals surface area contributed by atoms with E-state index in [2.05, 4.69) is 10.3 Å². The molecule has 5 nitrogen and oxygen atoms in total. The molecule has 1 heterocycles. The van der Waals surface area contributed by atoms with Gasteiger partial charge >= 0.3 is 0 Å². The van der Waals surface area contributed by atoms with Crippen LogP contribution >= 0.6 is 11.6 Å². The Kier molecular flexibility index (Phi) is 5.53. The number of aliphatic hydroxyl groups is 1. The van der Waals surface area contributed by atoms with E-state index in [1.54, 1.807) is 12.1 Å². The second-order valence-corrected chi connectivity index (χ2v) is 6.68. The molecule has 1 atom stereocenters. The molecule has 2 aromatic rings. The highest BCUT2D eigenvalue weighted by molar-refractivity contribution is 6.30. The first-order valence-electron chi connectivity index (χ1n) is 8.27. The van der Waals surface area contributed by atoms with Gasteiger partial charge in [0.15, 0.2) is 0 Å². The van der Waals surface area contributed by atoms with Crippen LogP contribution in [0.25, 0.3) is 11.5 Å². The Morgan fingerprint density at radius 3 is 2.75 bits per heavy atom. The smallest absolute Gasteiger partial charge is 0.226 e. The maximum Gasteiger partial charge on any atom is 0.226 e. The molecule has 24 heavy (non-hydrogen) atoms. The van der Waals surface area contributed by atoms with Crippen LogP contribution in [0.5, 0.6) is 0 Å². The lowest BCUT2D eigenvalue weighted by atomic mass is 10.0. The van der Waals surface area contributed by atoms with Crippen molar-refractivity contribution < 1.29 is 14.3 Å². The van der Waals surface area contributed by atoms with Crippen LogP contribution in [-0.4, -0.2) is 28.6 Å². The van der Waals surface area contributed by atoms with Gasteiger partial charge in [-0.2, -0.15) is 0 Å². The Hall–Kier alpha value is -1.85. The summed E-state index contributed by atoms with van der Waals surface area (Å²) in [5, 5.41) is 13.5. The summed E-state index contributed by atoms with van der Waals surface area (Å²) >= 11 is 5.86. The van der Waals surface area contributed by atoms with E-state index < -0.39 is 6.10 Å². The van der Waals surface area contributed by atoms with Gasteiger partial charge in [0.1, 0.15) is 6.26 Å². The Morgan fingerprint density at radius 2 is 2.04 bits per heavy atom. The van der Waals surface area contributed by atoms with Crippen LogP contribution in [0.3, 0.4) is 0 Å². The minimum atomic E-state index is -0.460. The van der Waals surface area contributed by atoms with Gasteiger partial charge in [0.05, 0.1) is 18.2 Å². The summed E-state index contributed by atoms with van der Waals surface area (Å²) in [6.07, 6.45) is 5.59. The topological polar surface area (TPSA) is 75.4 Å². The Labute approximate surface area is 146 Å². The number of nitrogens with zero attached hydrogens (tertiary/aromatic N) is 1. The Balaban J connectivity index is 1.50. The first kappa shape index (κ1) is 17.0. The van der Waals surface area contributed by atoms with E-state index in [1.807, 2.05) is 12.1 Å². The van der Waals surface area contributed by atoms with Gasteiger partial charge < -0.3 is 14.8 Å². The van der Waals surface area contributed by atoms with Crippen molar-refractivity contribution in [3.8, 4) is 11.5 Å². The Bertz CT molecular complexity index is 678. The third-order valence-electron chi connectivity index (χ3n) is 4.44. The van der Waals surface area contributed by atoms with Gasteiger partial charge in [-0.25, -0.2) is 4.98 Å². The number of rotatable bonds is 6. The van der Waals surface area contributed by atoms with Crippen molar-refractivity contribution in [3.63, 3.8) is 0 Å². The average molecular weight is 349 g/mol. The monoisotopic (exact) mass is 348 g/mol. The molecule has 0 radical (unpaired) electrons. The van der Waals surface area contributed by atoms with Crippen LogP contribution in [0.1, 0.15) is 31.4 Å². The molecule has 2 N–H and O–H groups in total. The quantitative estimate of drug-likeness (QED) is 0.840. The molecule has 0 spiro atoms. The van der Waals surface area contributed by atoms with Crippen molar-refractivity contribution in [1.29, 1.82) is 0 Å². The first-order chi connectivity index (χ1) is 11.6. The Morgan fingerprint density at radius 1 is 1.33 bits per heavy atom. The van der Waals surface area contributed by atoms with E-state index in [4.69, 9.17) is 16.0 Å². The van der Waals surface area contributed by atoms with Crippen LogP contribution < -0.4 is 5.32 Å². The fourth-order valence-corrected chi connectivity index (χ4v) is 3.19. The van der Waals surface area contributed by atoms with Gasteiger partial charge in [-0.1, -0.05) is 24.4 Å². The lowest BCUT2D eigenvalue weighted by molar-refractivity contribution is -0.121. The number of hydrogen-bond donors (Lipinski definition) is 2. The van der Waals surface area contributed by atoms with Crippen molar-refractivity contribution in [2.75, 3.05) is 6.54 Å². The highest BCUT2D eigenvalue weighted by Crippen LogP contribution is 2.27. The highest BCUT2D eigenvalue weighted by Gasteiger charge is 2.23. The SMILES string of the molecule is O=C(Cc1coc(-c2ccc(Cl)cc2)n1)NCC(O)C1CCCC1. The molecule has 0 bridgehead atoms. The molecule has 1 unspecified atom stereocenters. The minimum Gasteiger partial charge on any atom is -0.444 e. The summed E-state index contributed by atoms with van der Waals surface area (Å²) in [4.78, 5) is 16.3. The number of aromatic nitrogens is 1. The number of hydrogen-bond acceptors (Lipinski definition) is 4. The van der Waals surface area contributed by atoms with Gasteiger partial charge in [0.25, 0.3) is 0 Å². The average Bonchev–Trinajstić information content (AvgIpc) is 3.25. The van der Waals surface area contributed by atoms with Crippen molar-refractivity contribution in [3.05, 3.63) is 41.2 Å². The lowest BCUT2D eigenvalue weighted by Gasteiger charge is -2.17. The van der Waals surface area contributed by atoms with Crippen LogP contribution in [-0.2, 0) is 11.2 Å².